The lowest BCUT2D eigenvalue weighted by molar-refractivity contribution is 0.0999. The van der Waals surface area contributed by atoms with Gasteiger partial charge in [-0.15, -0.1) is 0 Å². The highest BCUT2D eigenvalue weighted by atomic mass is 16.1. The monoisotopic (exact) mass is 342 g/mol. The van der Waals surface area contributed by atoms with Crippen LogP contribution < -0.4 is 10.6 Å². The number of anilines is 1. The van der Waals surface area contributed by atoms with E-state index in [2.05, 4.69) is 31.4 Å². The third-order valence-corrected chi connectivity index (χ3v) is 5.15. The van der Waals surface area contributed by atoms with E-state index in [1.54, 1.807) is 12.4 Å². The average molecular weight is 342 g/mol. The van der Waals surface area contributed by atoms with Crippen LogP contribution in [-0.4, -0.2) is 52.5 Å². The fourth-order valence-corrected chi connectivity index (χ4v) is 3.93. The van der Waals surface area contributed by atoms with Gasteiger partial charge in [0.05, 0.1) is 29.3 Å². The van der Waals surface area contributed by atoms with E-state index in [1.807, 2.05) is 32.7 Å². The van der Waals surface area contributed by atoms with Crippen molar-refractivity contribution in [3.05, 3.63) is 42.2 Å². The number of hydrogen-bond acceptors (Lipinski definition) is 5. The van der Waals surface area contributed by atoms with Crippen LogP contribution in [0.1, 0.15) is 34.9 Å². The minimum atomic E-state index is -0.445. The number of aromatic nitrogens is 3. The Balaban J connectivity index is 1.85. The summed E-state index contributed by atoms with van der Waals surface area (Å²) in [5, 5.41) is 0. The fourth-order valence-electron chi connectivity index (χ4n) is 3.93. The summed E-state index contributed by atoms with van der Waals surface area (Å²) in [6.45, 7) is 1.92. The molecule has 7 nitrogen and oxygen atoms in total. The molecule has 3 rings (SSSR count). The number of carbonyl (C=O) groups excluding carboxylic acids is 1. The van der Waals surface area contributed by atoms with Gasteiger partial charge in [0.25, 0.3) is 5.91 Å². The zero-order valence-corrected chi connectivity index (χ0v) is 15.1. The molecule has 0 bridgehead atoms. The highest BCUT2D eigenvalue weighted by Gasteiger charge is 2.33. The largest absolute Gasteiger partial charge is 0.374 e. The van der Waals surface area contributed by atoms with Crippen LogP contribution >= 0.6 is 0 Å². The van der Waals surface area contributed by atoms with Gasteiger partial charge in [0.1, 0.15) is 0 Å². The van der Waals surface area contributed by atoms with Crippen LogP contribution in [0, 0.1) is 5.92 Å². The van der Waals surface area contributed by atoms with Gasteiger partial charge in [-0.3, -0.25) is 14.7 Å². The van der Waals surface area contributed by atoms with E-state index in [-0.39, 0.29) is 0 Å². The van der Waals surface area contributed by atoms with Gasteiger partial charge in [-0.2, -0.15) is 0 Å². The number of aryl methyl sites for hydroxylation is 1. The maximum atomic E-state index is 11.7. The van der Waals surface area contributed by atoms with E-state index in [9.17, 15) is 4.79 Å². The minimum absolute atomic E-state index is 0.308. The Morgan fingerprint density at radius 3 is 2.84 bits per heavy atom. The van der Waals surface area contributed by atoms with E-state index in [0.717, 1.165) is 25.2 Å². The molecule has 0 unspecified atom stereocenters. The van der Waals surface area contributed by atoms with Crippen LogP contribution in [0.4, 0.5) is 5.69 Å². The minimum Gasteiger partial charge on any atom is -0.374 e. The first-order chi connectivity index (χ1) is 12.0. The number of piperidine rings is 1. The van der Waals surface area contributed by atoms with Gasteiger partial charge in [0.2, 0.25) is 0 Å². The first-order valence-electron chi connectivity index (χ1n) is 8.60. The molecule has 1 aliphatic rings. The second-order valence-electron chi connectivity index (χ2n) is 6.89. The number of primary amides is 1. The number of nitrogens with two attached hydrogens (primary N) is 1. The second kappa shape index (κ2) is 7.23. The number of rotatable bonds is 5. The average Bonchev–Trinajstić information content (AvgIpc) is 3.00. The number of amides is 1. The Labute approximate surface area is 148 Å². The molecule has 2 atom stereocenters. The quantitative estimate of drug-likeness (QED) is 0.889. The van der Waals surface area contributed by atoms with Crippen LogP contribution in [0.15, 0.2) is 31.0 Å². The van der Waals surface area contributed by atoms with Gasteiger partial charge in [-0.05, 0) is 38.4 Å². The summed E-state index contributed by atoms with van der Waals surface area (Å²) in [7, 11) is 6.22. The van der Waals surface area contributed by atoms with Crippen molar-refractivity contribution in [1.82, 2.24) is 19.4 Å². The number of pyridine rings is 1. The van der Waals surface area contributed by atoms with Gasteiger partial charge < -0.3 is 15.2 Å². The lowest BCUT2D eigenvalue weighted by atomic mass is 9.87. The van der Waals surface area contributed by atoms with E-state index >= 15 is 0 Å². The standard InChI is InChI=1S/C18H26N6O/c1-22-8-4-5-13(17(22)16-10-21-12-24(16)3)11-23(2)15-6-7-20-9-14(15)18(19)25/h6-7,9-10,12-13,17H,4-5,8,11H2,1-3H3,(H2,19,25)/t13-,17+/m0/s1. The zero-order chi connectivity index (χ0) is 18.0. The van der Waals surface area contributed by atoms with Crippen molar-refractivity contribution in [3.63, 3.8) is 0 Å². The Kier molecular flexibility index (Phi) is 5.03. The molecule has 1 saturated heterocycles. The molecule has 0 saturated carbocycles. The van der Waals surface area contributed by atoms with Gasteiger partial charge in [-0.25, -0.2) is 4.98 Å². The molecule has 3 heterocycles. The molecule has 0 spiro atoms. The van der Waals surface area contributed by atoms with Crippen LogP contribution in [0.2, 0.25) is 0 Å². The summed E-state index contributed by atoms with van der Waals surface area (Å²) in [6.07, 6.45) is 9.36. The summed E-state index contributed by atoms with van der Waals surface area (Å²) < 4.78 is 2.10. The van der Waals surface area contributed by atoms with Crippen molar-refractivity contribution in [1.29, 1.82) is 0 Å². The molecule has 1 amide bonds. The molecule has 2 N–H and O–H groups in total. The van der Waals surface area contributed by atoms with Gasteiger partial charge in [0.15, 0.2) is 0 Å². The molecule has 2 aromatic heterocycles. The summed E-state index contributed by atoms with van der Waals surface area (Å²) in [5.74, 6) is -0.00746. The van der Waals surface area contributed by atoms with Gasteiger partial charge in [0, 0.05) is 39.2 Å². The number of likely N-dealkylation sites (tertiary alicyclic amines) is 1. The maximum Gasteiger partial charge on any atom is 0.252 e. The molecular formula is C18H26N6O. The lowest BCUT2D eigenvalue weighted by Crippen LogP contribution is -2.42. The maximum absolute atomic E-state index is 11.7. The van der Waals surface area contributed by atoms with Crippen LogP contribution in [-0.2, 0) is 7.05 Å². The topological polar surface area (TPSA) is 80.3 Å². The SMILES string of the molecule is CN(C[C@@H]1CCCN(C)[C@H]1c1cncn1C)c1ccncc1C(N)=O. The second-order valence-corrected chi connectivity index (χ2v) is 6.89. The molecule has 1 aliphatic heterocycles. The predicted molar refractivity (Wildman–Crippen MR) is 97.3 cm³/mol. The highest BCUT2D eigenvalue weighted by Crippen LogP contribution is 2.36. The smallest absolute Gasteiger partial charge is 0.252 e. The Bertz CT molecular complexity index is 743. The fraction of sp³-hybridized carbons (Fsp3) is 0.500. The number of nitrogens with zero attached hydrogens (tertiary/aromatic N) is 5. The molecule has 25 heavy (non-hydrogen) atoms. The van der Waals surface area contributed by atoms with E-state index in [4.69, 9.17) is 5.73 Å². The summed E-state index contributed by atoms with van der Waals surface area (Å²) in [6, 6.07) is 2.16. The number of hydrogen-bond donors (Lipinski definition) is 1. The van der Waals surface area contributed by atoms with Crippen LogP contribution in [0.25, 0.3) is 0 Å². The zero-order valence-electron chi connectivity index (χ0n) is 15.1. The summed E-state index contributed by atoms with van der Waals surface area (Å²) in [5.41, 5.74) is 8.03. The first kappa shape index (κ1) is 17.4. The van der Waals surface area contributed by atoms with Crippen molar-refractivity contribution in [3.8, 4) is 0 Å². The lowest BCUT2D eigenvalue weighted by Gasteiger charge is -2.41. The molecule has 0 radical (unpaired) electrons. The summed E-state index contributed by atoms with van der Waals surface area (Å²) >= 11 is 0. The van der Waals surface area contributed by atoms with Crippen molar-refractivity contribution in [2.24, 2.45) is 18.7 Å². The van der Waals surface area contributed by atoms with Crippen LogP contribution in [0.5, 0.6) is 0 Å². The third-order valence-electron chi connectivity index (χ3n) is 5.15. The first-order valence-corrected chi connectivity index (χ1v) is 8.60. The van der Waals surface area contributed by atoms with Crippen LogP contribution in [0.3, 0.4) is 0 Å². The summed E-state index contributed by atoms with van der Waals surface area (Å²) in [4.78, 5) is 24.5. The van der Waals surface area contributed by atoms with Gasteiger partial charge in [-0.1, -0.05) is 0 Å². The van der Waals surface area contributed by atoms with Crippen molar-refractivity contribution >= 4 is 11.6 Å². The van der Waals surface area contributed by atoms with Crippen molar-refractivity contribution in [2.45, 2.75) is 18.9 Å². The Morgan fingerprint density at radius 2 is 2.16 bits per heavy atom. The molecular weight excluding hydrogens is 316 g/mol. The van der Waals surface area contributed by atoms with Crippen molar-refractivity contribution < 1.29 is 4.79 Å². The molecule has 0 aliphatic carbocycles. The molecule has 134 valence electrons. The third kappa shape index (κ3) is 3.51. The van der Waals surface area contributed by atoms with E-state index in [0.29, 0.717) is 17.5 Å². The Hall–Kier alpha value is -2.41. The molecule has 2 aromatic rings. The van der Waals surface area contributed by atoms with E-state index in [1.165, 1.54) is 12.1 Å². The molecule has 0 aromatic carbocycles. The molecule has 1 fully saturated rings. The number of carbonyl (C=O) groups is 1. The van der Waals surface area contributed by atoms with Crippen molar-refractivity contribution in [2.75, 3.05) is 32.1 Å². The Morgan fingerprint density at radius 1 is 1.36 bits per heavy atom. The highest BCUT2D eigenvalue weighted by molar-refractivity contribution is 5.98. The molecule has 7 heteroatoms. The number of imidazole rings is 1. The van der Waals surface area contributed by atoms with Gasteiger partial charge >= 0.3 is 0 Å². The predicted octanol–water partition coefficient (Wildman–Crippen LogP) is 1.43. The normalized spacial score (nSPS) is 21.2. The van der Waals surface area contributed by atoms with E-state index < -0.39 is 5.91 Å².